The molecule has 1 heterocycles. The van der Waals surface area contributed by atoms with Crippen LogP contribution in [-0.4, -0.2) is 29.1 Å². The van der Waals surface area contributed by atoms with Crippen molar-refractivity contribution in [3.05, 3.63) is 52.9 Å². The second kappa shape index (κ2) is 7.80. The molecule has 134 valence electrons. The van der Waals surface area contributed by atoms with Crippen LogP contribution in [-0.2, 0) is 4.79 Å². The molecule has 7 heteroatoms. The van der Waals surface area contributed by atoms with Gasteiger partial charge in [0.1, 0.15) is 5.75 Å². The highest BCUT2D eigenvalue weighted by atomic mass is 32.2. The van der Waals surface area contributed by atoms with Gasteiger partial charge in [0.2, 0.25) is 0 Å². The molecular weight excluding hydrogens is 370 g/mol. The van der Waals surface area contributed by atoms with E-state index in [4.69, 9.17) is 21.7 Å². The van der Waals surface area contributed by atoms with E-state index >= 15 is 0 Å². The summed E-state index contributed by atoms with van der Waals surface area (Å²) in [6.45, 7) is 2.44. The number of benzene rings is 2. The number of aromatic hydroxyl groups is 1. The van der Waals surface area contributed by atoms with Gasteiger partial charge in [-0.2, -0.15) is 0 Å². The van der Waals surface area contributed by atoms with Gasteiger partial charge in [0.25, 0.3) is 5.91 Å². The number of methoxy groups -OCH3 is 1. The molecule has 0 aromatic heterocycles. The standard InChI is InChI=1S/C19H17NO4S2/c1-3-24-15-8-7-12(9-16(15)23-2)10-17-18(22)20(19(25)26-17)13-5-4-6-14(21)11-13/h4-11,21H,3H2,1-2H3. The van der Waals surface area contributed by atoms with Crippen molar-refractivity contribution in [3.8, 4) is 17.2 Å². The number of ether oxygens (including phenoxy) is 2. The first-order valence-electron chi connectivity index (χ1n) is 7.91. The fourth-order valence-electron chi connectivity index (χ4n) is 2.52. The summed E-state index contributed by atoms with van der Waals surface area (Å²) in [4.78, 5) is 14.7. The molecule has 26 heavy (non-hydrogen) atoms. The number of phenols is 1. The summed E-state index contributed by atoms with van der Waals surface area (Å²) in [5.41, 5.74) is 1.35. The topological polar surface area (TPSA) is 59.0 Å². The number of carbonyl (C=O) groups excluding carboxylic acids is 1. The molecule has 2 aromatic carbocycles. The second-order valence-corrected chi connectivity index (χ2v) is 7.06. The maximum absolute atomic E-state index is 12.8. The Balaban J connectivity index is 1.90. The molecule has 0 bridgehead atoms. The predicted octanol–water partition coefficient (Wildman–Crippen LogP) is 4.21. The van der Waals surface area contributed by atoms with E-state index in [0.717, 1.165) is 5.56 Å². The molecule has 0 unspecified atom stereocenters. The Labute approximate surface area is 161 Å². The van der Waals surface area contributed by atoms with E-state index in [1.54, 1.807) is 31.4 Å². The largest absolute Gasteiger partial charge is 0.508 e. The van der Waals surface area contributed by atoms with E-state index in [2.05, 4.69) is 0 Å². The zero-order valence-corrected chi connectivity index (χ0v) is 15.9. The van der Waals surface area contributed by atoms with Crippen LogP contribution < -0.4 is 14.4 Å². The van der Waals surface area contributed by atoms with Crippen molar-refractivity contribution in [1.29, 1.82) is 0 Å². The molecule has 1 saturated heterocycles. The Morgan fingerprint density at radius 1 is 1.23 bits per heavy atom. The fourth-order valence-corrected chi connectivity index (χ4v) is 3.82. The average molecular weight is 387 g/mol. The van der Waals surface area contributed by atoms with Crippen LogP contribution in [0.1, 0.15) is 12.5 Å². The lowest BCUT2D eigenvalue weighted by Gasteiger charge is -2.14. The van der Waals surface area contributed by atoms with Crippen molar-refractivity contribution in [3.63, 3.8) is 0 Å². The smallest absolute Gasteiger partial charge is 0.270 e. The number of phenolic OH excluding ortho intramolecular Hbond substituents is 1. The molecule has 0 atom stereocenters. The van der Waals surface area contributed by atoms with E-state index in [1.807, 2.05) is 25.1 Å². The van der Waals surface area contributed by atoms with E-state index in [0.29, 0.717) is 33.0 Å². The van der Waals surface area contributed by atoms with Crippen molar-refractivity contribution in [2.24, 2.45) is 0 Å². The molecule has 0 aliphatic carbocycles. The average Bonchev–Trinajstić information content (AvgIpc) is 2.90. The minimum Gasteiger partial charge on any atom is -0.508 e. The molecule has 1 fully saturated rings. The molecule has 1 N–H and O–H groups in total. The van der Waals surface area contributed by atoms with Crippen molar-refractivity contribution in [2.75, 3.05) is 18.6 Å². The molecule has 1 aliphatic heterocycles. The summed E-state index contributed by atoms with van der Waals surface area (Å²) in [6, 6.07) is 11.9. The monoisotopic (exact) mass is 387 g/mol. The van der Waals surface area contributed by atoms with Gasteiger partial charge in [-0.15, -0.1) is 0 Å². The van der Waals surface area contributed by atoms with Crippen LogP contribution in [0.5, 0.6) is 17.2 Å². The molecule has 0 saturated carbocycles. The highest BCUT2D eigenvalue weighted by Crippen LogP contribution is 2.37. The normalized spacial score (nSPS) is 15.6. The summed E-state index contributed by atoms with van der Waals surface area (Å²) in [5.74, 6) is 1.11. The van der Waals surface area contributed by atoms with Gasteiger partial charge >= 0.3 is 0 Å². The minimum absolute atomic E-state index is 0.0804. The van der Waals surface area contributed by atoms with Crippen LogP contribution in [0.2, 0.25) is 0 Å². The zero-order valence-electron chi connectivity index (χ0n) is 14.3. The highest BCUT2D eigenvalue weighted by molar-refractivity contribution is 8.27. The summed E-state index contributed by atoms with van der Waals surface area (Å²) in [5, 5.41) is 9.65. The third-order valence-corrected chi connectivity index (χ3v) is 4.97. The first-order chi connectivity index (χ1) is 12.5. The van der Waals surface area contributed by atoms with Crippen LogP contribution in [0, 0.1) is 0 Å². The molecular formula is C19H17NO4S2. The van der Waals surface area contributed by atoms with E-state index in [-0.39, 0.29) is 11.7 Å². The maximum atomic E-state index is 12.8. The Kier molecular flexibility index (Phi) is 5.49. The number of anilines is 1. The first-order valence-corrected chi connectivity index (χ1v) is 9.13. The molecule has 1 aliphatic rings. The van der Waals surface area contributed by atoms with Crippen molar-refractivity contribution < 1.29 is 19.4 Å². The molecule has 5 nitrogen and oxygen atoms in total. The van der Waals surface area contributed by atoms with E-state index < -0.39 is 0 Å². The van der Waals surface area contributed by atoms with Gasteiger partial charge in [-0.3, -0.25) is 9.69 Å². The number of hydrogen-bond acceptors (Lipinski definition) is 6. The zero-order chi connectivity index (χ0) is 18.7. The Bertz CT molecular complexity index is 895. The summed E-state index contributed by atoms with van der Waals surface area (Å²) < 4.78 is 11.3. The van der Waals surface area contributed by atoms with Gasteiger partial charge < -0.3 is 14.6 Å². The molecule has 2 aromatic rings. The Morgan fingerprint density at radius 2 is 2.04 bits per heavy atom. The summed E-state index contributed by atoms with van der Waals surface area (Å²) >= 11 is 6.56. The van der Waals surface area contributed by atoms with Gasteiger partial charge in [-0.05, 0) is 42.8 Å². The molecule has 1 amide bonds. The fraction of sp³-hybridized carbons (Fsp3) is 0.158. The summed E-state index contributed by atoms with van der Waals surface area (Å²) in [6.07, 6.45) is 1.76. The van der Waals surface area contributed by atoms with Crippen LogP contribution in [0.4, 0.5) is 5.69 Å². The van der Waals surface area contributed by atoms with Gasteiger partial charge in [0.05, 0.1) is 24.3 Å². The van der Waals surface area contributed by atoms with Gasteiger partial charge in [0.15, 0.2) is 15.8 Å². The number of rotatable bonds is 5. The number of carbonyl (C=O) groups is 1. The molecule has 0 radical (unpaired) electrons. The van der Waals surface area contributed by atoms with Crippen molar-refractivity contribution in [1.82, 2.24) is 0 Å². The van der Waals surface area contributed by atoms with Crippen LogP contribution in [0.25, 0.3) is 6.08 Å². The number of thioether (sulfide) groups is 1. The lowest BCUT2D eigenvalue weighted by molar-refractivity contribution is -0.113. The summed E-state index contributed by atoms with van der Waals surface area (Å²) in [7, 11) is 1.57. The van der Waals surface area contributed by atoms with Crippen LogP contribution in [0.15, 0.2) is 47.4 Å². The van der Waals surface area contributed by atoms with Crippen LogP contribution >= 0.6 is 24.0 Å². The van der Waals surface area contributed by atoms with E-state index in [1.165, 1.54) is 22.7 Å². The lowest BCUT2D eigenvalue weighted by Crippen LogP contribution is -2.27. The SMILES string of the molecule is CCOc1ccc(C=C2SC(=S)N(c3cccc(O)c3)C2=O)cc1OC. The number of amides is 1. The third kappa shape index (κ3) is 3.68. The predicted molar refractivity (Wildman–Crippen MR) is 108 cm³/mol. The number of nitrogens with zero attached hydrogens (tertiary/aromatic N) is 1. The molecule has 0 spiro atoms. The number of hydrogen-bond donors (Lipinski definition) is 1. The van der Waals surface area contributed by atoms with Gasteiger partial charge in [0, 0.05) is 6.07 Å². The number of thiocarbonyl (C=S) groups is 1. The highest BCUT2D eigenvalue weighted by Gasteiger charge is 2.33. The lowest BCUT2D eigenvalue weighted by atomic mass is 10.2. The van der Waals surface area contributed by atoms with Gasteiger partial charge in [-0.1, -0.05) is 36.1 Å². The Morgan fingerprint density at radius 3 is 2.73 bits per heavy atom. The first kappa shape index (κ1) is 18.3. The third-order valence-electron chi connectivity index (χ3n) is 3.67. The van der Waals surface area contributed by atoms with Crippen molar-refractivity contribution in [2.45, 2.75) is 6.92 Å². The minimum atomic E-state index is -0.224. The molecule has 3 rings (SSSR count). The quantitative estimate of drug-likeness (QED) is 0.613. The van der Waals surface area contributed by atoms with Crippen LogP contribution in [0.3, 0.4) is 0 Å². The van der Waals surface area contributed by atoms with E-state index in [9.17, 15) is 9.90 Å². The Hall–Kier alpha value is -2.51. The maximum Gasteiger partial charge on any atom is 0.270 e. The van der Waals surface area contributed by atoms with Crippen molar-refractivity contribution >= 4 is 46.0 Å². The second-order valence-electron chi connectivity index (χ2n) is 5.38. The van der Waals surface area contributed by atoms with Gasteiger partial charge in [-0.25, -0.2) is 0 Å².